The molecule has 1 fully saturated rings. The highest BCUT2D eigenvalue weighted by molar-refractivity contribution is 9.10. The maximum atomic E-state index is 11.0. The zero-order valence-electron chi connectivity index (χ0n) is 12.7. The highest BCUT2D eigenvalue weighted by atomic mass is 79.9. The number of hydrogen-bond donors (Lipinski definition) is 0. The van der Waals surface area contributed by atoms with Crippen molar-refractivity contribution in [1.29, 1.82) is 0 Å². The van der Waals surface area contributed by atoms with Crippen LogP contribution in [0.15, 0.2) is 32.3 Å². The van der Waals surface area contributed by atoms with Crippen LogP contribution in [0.25, 0.3) is 0 Å². The first kappa shape index (κ1) is 16.4. The fourth-order valence-electron chi connectivity index (χ4n) is 2.49. The Morgan fingerprint density at radius 2 is 1.96 bits per heavy atom. The lowest BCUT2D eigenvalue weighted by molar-refractivity contribution is -0.121. The Morgan fingerprint density at radius 1 is 1.30 bits per heavy atom. The Balaban J connectivity index is 2.11. The van der Waals surface area contributed by atoms with Crippen molar-refractivity contribution in [2.45, 2.75) is 32.7 Å². The molecule has 120 valence electrons. The van der Waals surface area contributed by atoms with Gasteiger partial charge in [-0.2, -0.15) is 5.10 Å². The average molecular weight is 441 g/mol. The van der Waals surface area contributed by atoms with Crippen molar-refractivity contribution in [2.75, 3.05) is 0 Å². The summed E-state index contributed by atoms with van der Waals surface area (Å²) in [6.07, 6.45) is 2.15. The largest absolute Gasteiger partial charge is 0.407 e. The van der Waals surface area contributed by atoms with E-state index in [2.05, 4.69) is 42.0 Å². The van der Waals surface area contributed by atoms with Crippen LogP contribution >= 0.6 is 31.9 Å². The molecule has 0 bridgehead atoms. The van der Waals surface area contributed by atoms with Gasteiger partial charge in [-0.05, 0) is 65.9 Å². The second-order valence-electron chi connectivity index (χ2n) is 5.55. The molecule has 1 aliphatic carbocycles. The van der Waals surface area contributed by atoms with Crippen LogP contribution in [-0.2, 0) is 9.53 Å². The minimum Gasteiger partial charge on any atom is -0.407 e. The highest BCUT2D eigenvalue weighted by Gasteiger charge is 2.29. The van der Waals surface area contributed by atoms with Crippen molar-refractivity contribution in [3.05, 3.63) is 44.1 Å². The van der Waals surface area contributed by atoms with Crippen LogP contribution in [0.1, 0.15) is 35.7 Å². The van der Waals surface area contributed by atoms with Crippen LogP contribution in [0.4, 0.5) is 5.69 Å². The average Bonchev–Trinajstić information content (AvgIpc) is 3.24. The van der Waals surface area contributed by atoms with Gasteiger partial charge in [-0.1, -0.05) is 15.9 Å². The van der Waals surface area contributed by atoms with E-state index in [0.717, 1.165) is 34.1 Å². The van der Waals surface area contributed by atoms with Gasteiger partial charge in [0.2, 0.25) is 5.90 Å². The lowest BCUT2D eigenvalue weighted by Crippen LogP contribution is -2.13. The third kappa shape index (κ3) is 3.55. The van der Waals surface area contributed by atoms with E-state index >= 15 is 0 Å². The van der Waals surface area contributed by atoms with Crippen LogP contribution < -0.4 is 0 Å². The molecule has 0 unspecified atom stereocenters. The van der Waals surface area contributed by atoms with Crippen LogP contribution in [0.2, 0.25) is 0 Å². The molecule has 0 atom stereocenters. The van der Waals surface area contributed by atoms with E-state index in [4.69, 9.17) is 4.74 Å². The molecule has 1 aromatic heterocycles. The van der Waals surface area contributed by atoms with Gasteiger partial charge in [-0.3, -0.25) is 9.48 Å². The number of aliphatic imine (C=N–C) groups is 1. The van der Waals surface area contributed by atoms with Crippen molar-refractivity contribution in [3.8, 4) is 0 Å². The summed E-state index contributed by atoms with van der Waals surface area (Å²) in [5.74, 6) is 0.263. The molecule has 0 spiro atoms. The van der Waals surface area contributed by atoms with Crippen molar-refractivity contribution in [3.63, 3.8) is 0 Å². The minimum absolute atomic E-state index is 0.263. The maximum Gasteiger partial charge on any atom is 0.299 e. The SMILES string of the molecule is Cc1cc(Br)cc(C)c1N=C(OC=O)c1cc(Br)nn1C1CC1. The van der Waals surface area contributed by atoms with E-state index in [9.17, 15) is 4.79 Å². The summed E-state index contributed by atoms with van der Waals surface area (Å²) in [6.45, 7) is 4.35. The first-order valence-corrected chi connectivity index (χ1v) is 8.79. The number of hydrogen-bond acceptors (Lipinski definition) is 4. The van der Waals surface area contributed by atoms with Crippen LogP contribution in [0.3, 0.4) is 0 Å². The molecule has 7 heteroatoms. The van der Waals surface area contributed by atoms with E-state index in [0.29, 0.717) is 22.8 Å². The van der Waals surface area contributed by atoms with E-state index in [1.807, 2.05) is 36.7 Å². The zero-order chi connectivity index (χ0) is 16.6. The third-order valence-corrected chi connectivity index (χ3v) is 4.49. The topological polar surface area (TPSA) is 56.5 Å². The van der Waals surface area contributed by atoms with Gasteiger partial charge in [0.1, 0.15) is 10.3 Å². The van der Waals surface area contributed by atoms with Crippen molar-refractivity contribution >= 4 is 49.9 Å². The van der Waals surface area contributed by atoms with Gasteiger partial charge < -0.3 is 4.74 Å². The lowest BCUT2D eigenvalue weighted by Gasteiger charge is -2.10. The first-order chi connectivity index (χ1) is 11.0. The molecule has 0 saturated heterocycles. The summed E-state index contributed by atoms with van der Waals surface area (Å²) >= 11 is 6.86. The van der Waals surface area contributed by atoms with E-state index in [-0.39, 0.29) is 5.90 Å². The van der Waals surface area contributed by atoms with Crippen LogP contribution in [0, 0.1) is 13.8 Å². The number of ether oxygens (including phenoxy) is 1. The van der Waals surface area contributed by atoms with E-state index in [1.54, 1.807) is 0 Å². The molecule has 0 aliphatic heterocycles. The Morgan fingerprint density at radius 3 is 2.52 bits per heavy atom. The molecule has 0 amide bonds. The maximum absolute atomic E-state index is 11.0. The quantitative estimate of drug-likeness (QED) is 0.396. The summed E-state index contributed by atoms with van der Waals surface area (Å²) in [4.78, 5) is 15.6. The van der Waals surface area contributed by atoms with Crippen molar-refractivity contribution < 1.29 is 9.53 Å². The summed E-state index contributed by atoms with van der Waals surface area (Å²) in [7, 11) is 0. The van der Waals surface area contributed by atoms with Crippen molar-refractivity contribution in [1.82, 2.24) is 9.78 Å². The molecule has 5 nitrogen and oxygen atoms in total. The molecular weight excluding hydrogens is 426 g/mol. The molecule has 23 heavy (non-hydrogen) atoms. The second kappa shape index (κ2) is 6.57. The van der Waals surface area contributed by atoms with Gasteiger partial charge in [0.15, 0.2) is 0 Å². The van der Waals surface area contributed by atoms with Gasteiger partial charge in [-0.25, -0.2) is 4.99 Å². The summed E-state index contributed by atoms with van der Waals surface area (Å²) in [5.41, 5.74) is 3.50. The molecular formula is C16H15Br2N3O2. The minimum atomic E-state index is 0.263. The number of benzene rings is 1. The van der Waals surface area contributed by atoms with Crippen molar-refractivity contribution in [2.24, 2.45) is 4.99 Å². The lowest BCUT2D eigenvalue weighted by atomic mass is 10.1. The Kier molecular flexibility index (Phi) is 4.68. The number of nitrogens with zero attached hydrogens (tertiary/aromatic N) is 3. The smallest absolute Gasteiger partial charge is 0.299 e. The second-order valence-corrected chi connectivity index (χ2v) is 7.28. The highest BCUT2D eigenvalue weighted by Crippen LogP contribution is 2.37. The Labute approximate surface area is 151 Å². The number of rotatable bonds is 4. The normalized spacial score (nSPS) is 14.9. The first-order valence-electron chi connectivity index (χ1n) is 7.20. The van der Waals surface area contributed by atoms with E-state index in [1.165, 1.54) is 0 Å². The number of aromatic nitrogens is 2. The standard InChI is InChI=1S/C16H15Br2N3O2/c1-9-5-11(17)6-10(2)15(9)19-16(23-8-22)13-7-14(18)20-21(13)12-3-4-12/h5-8,12H,3-4H2,1-2H3. The molecule has 1 heterocycles. The molecule has 3 rings (SSSR count). The van der Waals surface area contributed by atoms with Crippen LogP contribution in [0.5, 0.6) is 0 Å². The number of aryl methyl sites for hydroxylation is 2. The van der Waals surface area contributed by atoms with Crippen LogP contribution in [-0.4, -0.2) is 22.2 Å². The van der Waals surface area contributed by atoms with Gasteiger partial charge >= 0.3 is 0 Å². The van der Waals surface area contributed by atoms with Gasteiger partial charge in [0.05, 0.1) is 11.7 Å². The molecule has 0 N–H and O–H groups in total. The Bertz CT molecular complexity index is 772. The monoisotopic (exact) mass is 439 g/mol. The third-order valence-electron chi connectivity index (χ3n) is 3.65. The number of halogens is 2. The molecule has 1 aliphatic rings. The van der Waals surface area contributed by atoms with E-state index < -0.39 is 0 Å². The van der Waals surface area contributed by atoms with Gasteiger partial charge in [0, 0.05) is 10.5 Å². The predicted molar refractivity (Wildman–Crippen MR) is 95.2 cm³/mol. The summed E-state index contributed by atoms with van der Waals surface area (Å²) < 4.78 is 8.75. The van der Waals surface area contributed by atoms with Gasteiger partial charge in [-0.15, -0.1) is 0 Å². The summed E-state index contributed by atoms with van der Waals surface area (Å²) in [5, 5.41) is 4.43. The molecule has 2 aromatic rings. The fourth-order valence-corrected chi connectivity index (χ4v) is 3.57. The molecule has 1 aromatic carbocycles. The summed E-state index contributed by atoms with van der Waals surface area (Å²) in [6, 6.07) is 6.14. The molecule has 1 saturated carbocycles. The predicted octanol–water partition coefficient (Wildman–Crippen LogP) is 4.61. The fraction of sp³-hybridized carbons (Fsp3) is 0.312. The number of carbonyl (C=O) groups is 1. The number of carbonyl (C=O) groups excluding carboxylic acids is 1. The van der Waals surface area contributed by atoms with Gasteiger partial charge in [0.25, 0.3) is 6.47 Å². The Hall–Kier alpha value is -1.47. The zero-order valence-corrected chi connectivity index (χ0v) is 15.9. The molecule has 0 radical (unpaired) electrons.